The van der Waals surface area contributed by atoms with Crippen LogP contribution in [0.5, 0.6) is 0 Å². The standard InChI is InChI=1S/C16H36N.C3H6.3BrH/c1-5-9-13-17(14-10-6-2,15-11-7-3)16-12-8-4;1-2-3-1;;;/h5-16H2,1-4H3;1-3H2;3*1H/q+1;;;;. The molecular formula is C19H45Br3N+. The minimum Gasteiger partial charge on any atom is -0.324 e. The Kier molecular flexibility index (Phi) is 32.7. The molecular weight excluding hydrogens is 482 g/mol. The highest BCUT2D eigenvalue weighted by molar-refractivity contribution is 8.93. The smallest absolute Gasteiger partial charge is 0.0786 e. The predicted octanol–water partition coefficient (Wildman–Crippen LogP) is 7.91. The highest BCUT2D eigenvalue weighted by Gasteiger charge is 2.24. The molecule has 0 saturated heterocycles. The van der Waals surface area contributed by atoms with Gasteiger partial charge in [0.25, 0.3) is 0 Å². The Morgan fingerprint density at radius 3 is 0.826 bits per heavy atom. The summed E-state index contributed by atoms with van der Waals surface area (Å²) in [4.78, 5) is 0. The Labute approximate surface area is 179 Å². The molecule has 0 aromatic heterocycles. The number of halogens is 3. The Bertz CT molecular complexity index is 159. The molecule has 0 amide bonds. The molecule has 0 heterocycles. The number of quaternary nitrogens is 1. The minimum atomic E-state index is 0. The fraction of sp³-hybridized carbons (Fsp3) is 1.00. The lowest BCUT2D eigenvalue weighted by molar-refractivity contribution is -0.929. The Morgan fingerprint density at radius 2 is 0.696 bits per heavy atom. The lowest BCUT2D eigenvalue weighted by Gasteiger charge is -2.39. The van der Waals surface area contributed by atoms with Crippen LogP contribution in [-0.2, 0) is 0 Å². The van der Waals surface area contributed by atoms with Crippen LogP contribution in [0.4, 0.5) is 0 Å². The van der Waals surface area contributed by atoms with Gasteiger partial charge in [0.2, 0.25) is 0 Å². The molecule has 23 heavy (non-hydrogen) atoms. The third-order valence-electron chi connectivity index (χ3n) is 4.30. The van der Waals surface area contributed by atoms with E-state index in [0.717, 1.165) is 0 Å². The van der Waals surface area contributed by atoms with Gasteiger partial charge < -0.3 is 4.48 Å². The molecule has 0 aliphatic heterocycles. The molecule has 146 valence electrons. The van der Waals surface area contributed by atoms with Crippen LogP contribution in [0.25, 0.3) is 0 Å². The van der Waals surface area contributed by atoms with Gasteiger partial charge in [0, 0.05) is 0 Å². The second kappa shape index (κ2) is 23.4. The summed E-state index contributed by atoms with van der Waals surface area (Å²) in [6, 6.07) is 0. The number of rotatable bonds is 12. The maximum absolute atomic E-state index is 2.33. The van der Waals surface area contributed by atoms with Crippen molar-refractivity contribution < 1.29 is 4.48 Å². The second-order valence-electron chi connectivity index (χ2n) is 6.71. The van der Waals surface area contributed by atoms with E-state index in [4.69, 9.17) is 0 Å². The van der Waals surface area contributed by atoms with Gasteiger partial charge in [-0.25, -0.2) is 0 Å². The van der Waals surface area contributed by atoms with Gasteiger partial charge in [-0.2, -0.15) is 0 Å². The van der Waals surface area contributed by atoms with Crippen molar-refractivity contribution in [3.8, 4) is 0 Å². The van der Waals surface area contributed by atoms with Crippen molar-refractivity contribution in [1.29, 1.82) is 0 Å². The molecule has 1 fully saturated rings. The van der Waals surface area contributed by atoms with E-state index in [1.807, 2.05) is 0 Å². The van der Waals surface area contributed by atoms with Gasteiger partial charge in [0.05, 0.1) is 26.2 Å². The van der Waals surface area contributed by atoms with E-state index >= 15 is 0 Å². The first kappa shape index (κ1) is 32.1. The van der Waals surface area contributed by atoms with Crippen LogP contribution in [-0.4, -0.2) is 30.7 Å². The van der Waals surface area contributed by atoms with Gasteiger partial charge >= 0.3 is 0 Å². The van der Waals surface area contributed by atoms with Crippen molar-refractivity contribution >= 4 is 50.9 Å². The van der Waals surface area contributed by atoms with Crippen molar-refractivity contribution in [2.75, 3.05) is 26.2 Å². The van der Waals surface area contributed by atoms with Gasteiger partial charge in [-0.05, 0) is 25.7 Å². The monoisotopic (exact) mass is 524 g/mol. The molecule has 0 atom stereocenters. The molecule has 0 aromatic rings. The van der Waals surface area contributed by atoms with E-state index in [2.05, 4.69) is 27.7 Å². The first-order valence-corrected chi connectivity index (χ1v) is 9.59. The molecule has 0 spiro atoms. The van der Waals surface area contributed by atoms with E-state index in [0.29, 0.717) is 0 Å². The highest BCUT2D eigenvalue weighted by atomic mass is 79.9. The molecule has 1 rings (SSSR count). The lowest BCUT2D eigenvalue weighted by atomic mass is 10.1. The van der Waals surface area contributed by atoms with Crippen LogP contribution in [0.1, 0.15) is 98.3 Å². The fourth-order valence-electron chi connectivity index (χ4n) is 2.64. The number of nitrogens with zero attached hydrogens (tertiary/aromatic N) is 1. The number of unbranched alkanes of at least 4 members (excludes halogenated alkanes) is 4. The van der Waals surface area contributed by atoms with Crippen molar-refractivity contribution in [2.45, 2.75) is 98.3 Å². The summed E-state index contributed by atoms with van der Waals surface area (Å²) >= 11 is 0. The number of hydrogen-bond donors (Lipinski definition) is 0. The van der Waals surface area contributed by atoms with Crippen molar-refractivity contribution in [1.82, 2.24) is 0 Å². The summed E-state index contributed by atoms with van der Waals surface area (Å²) in [6.45, 7) is 15.0. The molecule has 0 bridgehead atoms. The maximum atomic E-state index is 2.33. The average molecular weight is 527 g/mol. The summed E-state index contributed by atoms with van der Waals surface area (Å²) in [5.74, 6) is 0. The zero-order valence-corrected chi connectivity index (χ0v) is 21.4. The zero-order chi connectivity index (χ0) is 15.1. The molecule has 1 nitrogen and oxygen atoms in total. The highest BCUT2D eigenvalue weighted by Crippen LogP contribution is 2.16. The molecule has 0 radical (unpaired) electrons. The molecule has 0 N–H and O–H groups in total. The topological polar surface area (TPSA) is 0 Å². The lowest BCUT2D eigenvalue weighted by Crippen LogP contribution is -2.50. The largest absolute Gasteiger partial charge is 0.324 e. The maximum Gasteiger partial charge on any atom is 0.0786 e. The first-order valence-electron chi connectivity index (χ1n) is 9.59. The van der Waals surface area contributed by atoms with Crippen molar-refractivity contribution in [3.05, 3.63) is 0 Å². The number of hydrogen-bond acceptors (Lipinski definition) is 0. The molecule has 1 aliphatic carbocycles. The van der Waals surface area contributed by atoms with E-state index in [-0.39, 0.29) is 50.9 Å². The normalized spacial score (nSPS) is 12.0. The van der Waals surface area contributed by atoms with Crippen LogP contribution in [0, 0.1) is 0 Å². The molecule has 1 aliphatic rings. The fourth-order valence-corrected chi connectivity index (χ4v) is 2.64. The first-order chi connectivity index (χ1) is 9.74. The van der Waals surface area contributed by atoms with E-state index < -0.39 is 0 Å². The summed E-state index contributed by atoms with van der Waals surface area (Å²) in [6.07, 6.45) is 15.6. The summed E-state index contributed by atoms with van der Waals surface area (Å²) in [5, 5.41) is 0. The molecule has 1 saturated carbocycles. The van der Waals surface area contributed by atoms with Crippen molar-refractivity contribution in [2.24, 2.45) is 0 Å². The quantitative estimate of drug-likeness (QED) is 0.227. The third kappa shape index (κ3) is 21.4. The van der Waals surface area contributed by atoms with Crippen molar-refractivity contribution in [3.63, 3.8) is 0 Å². The summed E-state index contributed by atoms with van der Waals surface area (Å²) in [7, 11) is 0. The van der Waals surface area contributed by atoms with Crippen LogP contribution in [0.3, 0.4) is 0 Å². The van der Waals surface area contributed by atoms with E-state index in [1.54, 1.807) is 0 Å². The molecule has 0 unspecified atom stereocenters. The minimum absolute atomic E-state index is 0. The van der Waals surface area contributed by atoms with E-state index in [1.165, 1.54) is 101 Å². The van der Waals surface area contributed by atoms with Gasteiger partial charge in [-0.15, -0.1) is 50.9 Å². The summed E-state index contributed by atoms with van der Waals surface area (Å²) < 4.78 is 1.42. The second-order valence-corrected chi connectivity index (χ2v) is 6.71. The summed E-state index contributed by atoms with van der Waals surface area (Å²) in [5.41, 5.74) is 0. The molecule has 0 aromatic carbocycles. The van der Waals surface area contributed by atoms with Crippen LogP contribution in [0.15, 0.2) is 0 Å². The SMILES string of the molecule is Br.Br.Br.C1CC1.CCCC[N+](CCCC)(CCCC)CCCC. The Hall–Kier alpha value is 1.40. The van der Waals surface area contributed by atoms with Gasteiger partial charge in [-0.1, -0.05) is 72.6 Å². The zero-order valence-electron chi connectivity index (χ0n) is 16.3. The van der Waals surface area contributed by atoms with Crippen LogP contribution >= 0.6 is 50.9 Å². The molecule has 4 heteroatoms. The van der Waals surface area contributed by atoms with Gasteiger partial charge in [0.15, 0.2) is 0 Å². The van der Waals surface area contributed by atoms with E-state index in [9.17, 15) is 0 Å². The van der Waals surface area contributed by atoms with Crippen LogP contribution < -0.4 is 0 Å². The van der Waals surface area contributed by atoms with Gasteiger partial charge in [0.1, 0.15) is 0 Å². The third-order valence-corrected chi connectivity index (χ3v) is 4.30. The van der Waals surface area contributed by atoms with Gasteiger partial charge in [-0.3, -0.25) is 0 Å². The van der Waals surface area contributed by atoms with Crippen LogP contribution in [0.2, 0.25) is 0 Å². The Balaban J connectivity index is -0.000000268. The predicted molar refractivity (Wildman–Crippen MR) is 124 cm³/mol. The Morgan fingerprint density at radius 1 is 0.478 bits per heavy atom. The average Bonchev–Trinajstić information content (AvgIpc) is 3.34.